The molecule has 5 unspecified atom stereocenters. The zero-order chi connectivity index (χ0) is 20.5. The average molecular weight is 381 g/mol. The van der Waals surface area contributed by atoms with Crippen molar-refractivity contribution in [1.82, 2.24) is 0 Å². The summed E-state index contributed by atoms with van der Waals surface area (Å²) in [5.74, 6) is 2.00. The SMILES string of the molecule is C#CC(=O)OC1(OC)CCC2(c3cc4c(cc3C)C(C)(C)C(C)CC4C)CC12. The van der Waals surface area contributed by atoms with Crippen LogP contribution in [0.25, 0.3) is 0 Å². The van der Waals surface area contributed by atoms with Crippen LogP contribution >= 0.6 is 0 Å². The van der Waals surface area contributed by atoms with Gasteiger partial charge in [0.2, 0.25) is 5.79 Å². The van der Waals surface area contributed by atoms with Crippen molar-refractivity contribution < 1.29 is 14.3 Å². The number of fused-ring (bicyclic) bond motifs is 2. The van der Waals surface area contributed by atoms with Gasteiger partial charge in [-0.3, -0.25) is 0 Å². The normalized spacial score (nSPS) is 37.5. The highest BCUT2D eigenvalue weighted by atomic mass is 16.7. The number of carbonyl (C=O) groups excluding carboxylic acids is 1. The predicted molar refractivity (Wildman–Crippen MR) is 110 cm³/mol. The van der Waals surface area contributed by atoms with Crippen molar-refractivity contribution in [3.63, 3.8) is 0 Å². The molecule has 28 heavy (non-hydrogen) atoms. The molecule has 0 amide bonds. The van der Waals surface area contributed by atoms with Gasteiger partial charge in [-0.25, -0.2) is 4.79 Å². The standard InChI is InChI=1S/C25H32O3/c1-8-22(26)28-25(27-7)10-9-24(14-21(24)25)19-13-18-15(2)11-17(4)23(5,6)20(18)12-16(19)3/h1,12-13,15,17,21H,9-11,14H2,2-7H3. The Labute approximate surface area is 169 Å². The molecule has 1 aromatic rings. The van der Waals surface area contributed by atoms with E-state index in [2.05, 4.69) is 52.7 Å². The third-order valence-corrected chi connectivity index (χ3v) is 8.35. The number of rotatable bonds is 3. The van der Waals surface area contributed by atoms with E-state index in [4.69, 9.17) is 15.9 Å². The molecular weight excluding hydrogens is 348 g/mol. The van der Waals surface area contributed by atoms with E-state index in [1.165, 1.54) is 28.7 Å². The number of terminal acetylenes is 1. The maximum absolute atomic E-state index is 11.8. The van der Waals surface area contributed by atoms with E-state index in [1.54, 1.807) is 7.11 Å². The lowest BCUT2D eigenvalue weighted by atomic mass is 9.62. The van der Waals surface area contributed by atoms with Gasteiger partial charge in [-0.05, 0) is 65.7 Å². The molecule has 3 heteroatoms. The molecule has 5 atom stereocenters. The van der Waals surface area contributed by atoms with Gasteiger partial charge in [0.1, 0.15) is 0 Å². The van der Waals surface area contributed by atoms with E-state index in [9.17, 15) is 4.79 Å². The maximum Gasteiger partial charge on any atom is 0.386 e. The van der Waals surface area contributed by atoms with Gasteiger partial charge in [-0.15, -0.1) is 6.42 Å². The van der Waals surface area contributed by atoms with Crippen molar-refractivity contribution in [2.24, 2.45) is 11.8 Å². The third kappa shape index (κ3) is 2.50. The first-order chi connectivity index (χ1) is 13.1. The quantitative estimate of drug-likeness (QED) is 0.321. The highest BCUT2D eigenvalue weighted by molar-refractivity contribution is 5.88. The van der Waals surface area contributed by atoms with Crippen molar-refractivity contribution in [3.8, 4) is 12.3 Å². The summed E-state index contributed by atoms with van der Waals surface area (Å²) >= 11 is 0. The van der Waals surface area contributed by atoms with Crippen LogP contribution in [0.3, 0.4) is 0 Å². The Bertz CT molecular complexity index is 877. The number of esters is 1. The number of carbonyl (C=O) groups is 1. The summed E-state index contributed by atoms with van der Waals surface area (Å²) in [5.41, 5.74) is 6.02. The van der Waals surface area contributed by atoms with Gasteiger partial charge in [-0.2, -0.15) is 0 Å². The molecule has 2 fully saturated rings. The van der Waals surface area contributed by atoms with Crippen LogP contribution in [0.2, 0.25) is 0 Å². The van der Waals surface area contributed by atoms with E-state index < -0.39 is 11.8 Å². The number of benzene rings is 1. The molecule has 3 aliphatic rings. The first-order valence-electron chi connectivity index (χ1n) is 10.5. The molecule has 0 N–H and O–H groups in total. The minimum atomic E-state index is -0.870. The van der Waals surface area contributed by atoms with Crippen LogP contribution < -0.4 is 0 Å². The molecule has 150 valence electrons. The minimum absolute atomic E-state index is 0.0525. The van der Waals surface area contributed by atoms with Crippen molar-refractivity contribution in [3.05, 3.63) is 34.4 Å². The summed E-state index contributed by atoms with van der Waals surface area (Å²) in [6, 6.07) is 4.90. The number of aryl methyl sites for hydroxylation is 1. The van der Waals surface area contributed by atoms with E-state index >= 15 is 0 Å². The van der Waals surface area contributed by atoms with Crippen molar-refractivity contribution in [1.29, 1.82) is 0 Å². The first kappa shape index (κ1) is 19.5. The van der Waals surface area contributed by atoms with E-state index in [1.807, 2.05) is 0 Å². The molecular formula is C25H32O3. The molecule has 0 aliphatic heterocycles. The fourth-order valence-corrected chi connectivity index (χ4v) is 6.20. The van der Waals surface area contributed by atoms with Gasteiger partial charge >= 0.3 is 5.97 Å². The molecule has 3 nitrogen and oxygen atoms in total. The van der Waals surface area contributed by atoms with Gasteiger partial charge in [0.25, 0.3) is 0 Å². The van der Waals surface area contributed by atoms with Crippen LogP contribution in [0.4, 0.5) is 0 Å². The molecule has 0 radical (unpaired) electrons. The Kier molecular flexibility index (Phi) is 4.25. The number of ether oxygens (including phenoxy) is 2. The summed E-state index contributed by atoms with van der Waals surface area (Å²) in [6.07, 6.45) is 9.13. The highest BCUT2D eigenvalue weighted by Gasteiger charge is 2.72. The van der Waals surface area contributed by atoms with Gasteiger partial charge in [0.15, 0.2) is 0 Å². The highest BCUT2D eigenvalue weighted by Crippen LogP contribution is 2.70. The van der Waals surface area contributed by atoms with E-state index in [0.717, 1.165) is 12.8 Å². The molecule has 3 aliphatic carbocycles. The summed E-state index contributed by atoms with van der Waals surface area (Å²) in [4.78, 5) is 11.8. The Morgan fingerprint density at radius 3 is 2.54 bits per heavy atom. The summed E-state index contributed by atoms with van der Waals surface area (Å²) < 4.78 is 11.4. The fourth-order valence-electron chi connectivity index (χ4n) is 6.20. The second-order valence-corrected chi connectivity index (χ2v) is 9.98. The van der Waals surface area contributed by atoms with Crippen LogP contribution in [-0.4, -0.2) is 18.9 Å². The third-order valence-electron chi connectivity index (χ3n) is 8.35. The lowest BCUT2D eigenvalue weighted by Crippen LogP contribution is -2.37. The zero-order valence-electron chi connectivity index (χ0n) is 18.0. The second-order valence-electron chi connectivity index (χ2n) is 9.98. The molecule has 0 saturated heterocycles. The number of hydrogen-bond donors (Lipinski definition) is 0. The second kappa shape index (κ2) is 6.10. The molecule has 0 bridgehead atoms. The molecule has 0 heterocycles. The van der Waals surface area contributed by atoms with E-state index in [0.29, 0.717) is 18.3 Å². The number of methoxy groups -OCH3 is 1. The molecule has 0 spiro atoms. The van der Waals surface area contributed by atoms with Crippen LogP contribution in [0.1, 0.15) is 81.5 Å². The first-order valence-corrected chi connectivity index (χ1v) is 10.5. The van der Waals surface area contributed by atoms with Crippen LogP contribution in [0, 0.1) is 31.1 Å². The number of hydrogen-bond acceptors (Lipinski definition) is 3. The van der Waals surface area contributed by atoms with Crippen LogP contribution in [0.5, 0.6) is 0 Å². The van der Waals surface area contributed by atoms with Crippen LogP contribution in [0.15, 0.2) is 12.1 Å². The molecule has 1 aromatic carbocycles. The van der Waals surface area contributed by atoms with Crippen molar-refractivity contribution in [2.75, 3.05) is 7.11 Å². The average Bonchev–Trinajstić information content (AvgIpc) is 3.32. The Hall–Kier alpha value is -1.79. The molecule has 0 aromatic heterocycles. The predicted octanol–water partition coefficient (Wildman–Crippen LogP) is 4.99. The monoisotopic (exact) mass is 380 g/mol. The van der Waals surface area contributed by atoms with E-state index in [-0.39, 0.29) is 16.7 Å². The topological polar surface area (TPSA) is 35.5 Å². The summed E-state index contributed by atoms with van der Waals surface area (Å²) in [5, 5.41) is 0. The fraction of sp³-hybridized carbons (Fsp3) is 0.640. The molecule has 2 saturated carbocycles. The maximum atomic E-state index is 11.8. The molecule has 4 rings (SSSR count). The van der Waals surface area contributed by atoms with Gasteiger partial charge in [0.05, 0.1) is 0 Å². The lowest BCUT2D eigenvalue weighted by Gasteiger charge is -2.42. The van der Waals surface area contributed by atoms with Crippen LogP contribution in [-0.2, 0) is 25.1 Å². The van der Waals surface area contributed by atoms with Gasteiger partial charge < -0.3 is 9.47 Å². The minimum Gasteiger partial charge on any atom is -0.423 e. The Morgan fingerprint density at radius 1 is 1.21 bits per heavy atom. The van der Waals surface area contributed by atoms with Gasteiger partial charge in [-0.1, -0.05) is 39.8 Å². The Morgan fingerprint density at radius 2 is 1.93 bits per heavy atom. The Balaban J connectivity index is 1.74. The summed E-state index contributed by atoms with van der Waals surface area (Å²) in [7, 11) is 1.63. The van der Waals surface area contributed by atoms with Gasteiger partial charge in [0, 0.05) is 30.8 Å². The largest absolute Gasteiger partial charge is 0.423 e. The zero-order valence-corrected chi connectivity index (χ0v) is 18.0. The summed E-state index contributed by atoms with van der Waals surface area (Å²) in [6.45, 7) is 11.7. The van der Waals surface area contributed by atoms with Crippen molar-refractivity contribution >= 4 is 5.97 Å². The van der Waals surface area contributed by atoms with Crippen molar-refractivity contribution in [2.45, 2.75) is 82.8 Å². The smallest absolute Gasteiger partial charge is 0.386 e. The lowest BCUT2D eigenvalue weighted by molar-refractivity contribution is -0.223.